The monoisotopic (exact) mass is 219 g/mol. The van der Waals surface area contributed by atoms with Gasteiger partial charge in [0.1, 0.15) is 6.10 Å². The van der Waals surface area contributed by atoms with Crippen molar-refractivity contribution in [3.8, 4) is 0 Å². The maximum atomic E-state index is 10.8. The summed E-state index contributed by atoms with van der Waals surface area (Å²) in [6, 6.07) is 0. The molecule has 0 saturated carbocycles. The van der Waals surface area contributed by atoms with E-state index in [1.807, 2.05) is 0 Å². The van der Waals surface area contributed by atoms with Crippen LogP contribution in [0.4, 0.5) is 0 Å². The summed E-state index contributed by atoms with van der Waals surface area (Å²) >= 11 is 1.33. The van der Waals surface area contributed by atoms with Crippen LogP contribution < -0.4 is 5.73 Å². The van der Waals surface area contributed by atoms with Gasteiger partial charge in [0.2, 0.25) is 5.54 Å². The van der Waals surface area contributed by atoms with E-state index in [1.165, 1.54) is 11.8 Å². The number of carboxylic acid groups (broad SMARTS) is 1. The molecule has 6 heteroatoms. The highest BCUT2D eigenvalue weighted by Gasteiger charge is 2.43. The van der Waals surface area contributed by atoms with E-state index in [1.54, 1.807) is 6.26 Å². The van der Waals surface area contributed by atoms with Crippen molar-refractivity contribution < 1.29 is 19.4 Å². The lowest BCUT2D eigenvalue weighted by Gasteiger charge is -2.27. The third-order valence-corrected chi connectivity index (χ3v) is 2.31. The Kier molecular flexibility index (Phi) is 5.26. The zero-order valence-corrected chi connectivity index (χ0v) is 8.62. The second-order valence-electron chi connectivity index (χ2n) is 2.60. The minimum absolute atomic E-state index is 0.180. The molecule has 0 aromatic heterocycles. The van der Waals surface area contributed by atoms with Crippen LogP contribution in [-0.2, 0) is 14.3 Å². The van der Waals surface area contributed by atoms with Crippen molar-refractivity contribution in [1.29, 1.82) is 0 Å². The zero-order chi connectivity index (χ0) is 11.2. The topological polar surface area (TPSA) is 89.6 Å². The summed E-state index contributed by atoms with van der Waals surface area (Å²) in [6.07, 6.45) is 2.10. The van der Waals surface area contributed by atoms with Gasteiger partial charge in [0.05, 0.1) is 6.26 Å². The van der Waals surface area contributed by atoms with E-state index >= 15 is 0 Å². The SMILES string of the molecule is C=COC(CSC)C(N)(C=O)C(=O)O. The maximum absolute atomic E-state index is 10.8. The van der Waals surface area contributed by atoms with Gasteiger partial charge in [-0.05, 0) is 6.26 Å². The molecule has 2 unspecified atom stereocenters. The molecule has 0 aliphatic heterocycles. The highest BCUT2D eigenvalue weighted by molar-refractivity contribution is 7.98. The largest absolute Gasteiger partial charge is 0.495 e. The molecule has 0 aliphatic rings. The Labute approximate surface area is 86.3 Å². The van der Waals surface area contributed by atoms with Crippen LogP contribution in [-0.4, -0.2) is 41.0 Å². The molecule has 3 N–H and O–H groups in total. The third-order valence-electron chi connectivity index (χ3n) is 1.68. The van der Waals surface area contributed by atoms with Crippen molar-refractivity contribution in [3.63, 3.8) is 0 Å². The van der Waals surface area contributed by atoms with E-state index in [2.05, 4.69) is 6.58 Å². The Bertz CT molecular complexity index is 233. The molecule has 0 aromatic carbocycles. The van der Waals surface area contributed by atoms with E-state index in [0.717, 1.165) is 6.26 Å². The molecule has 0 bridgehead atoms. The Hall–Kier alpha value is -1.01. The van der Waals surface area contributed by atoms with Crippen LogP contribution >= 0.6 is 11.8 Å². The normalized spacial score (nSPS) is 16.4. The minimum Gasteiger partial charge on any atom is -0.495 e. The first-order chi connectivity index (χ1) is 6.52. The molecule has 0 aromatic rings. The van der Waals surface area contributed by atoms with Gasteiger partial charge in [-0.1, -0.05) is 6.58 Å². The summed E-state index contributed by atoms with van der Waals surface area (Å²) in [5, 5.41) is 8.78. The first-order valence-electron chi connectivity index (χ1n) is 3.76. The number of aldehydes is 1. The smallest absolute Gasteiger partial charge is 0.335 e. The van der Waals surface area contributed by atoms with Crippen molar-refractivity contribution in [2.45, 2.75) is 11.6 Å². The Morgan fingerprint density at radius 1 is 1.86 bits per heavy atom. The summed E-state index contributed by atoms with van der Waals surface area (Å²) in [5.74, 6) is -1.11. The van der Waals surface area contributed by atoms with Crippen molar-refractivity contribution in [3.05, 3.63) is 12.8 Å². The van der Waals surface area contributed by atoms with Crippen molar-refractivity contribution in [1.82, 2.24) is 0 Å². The molecule has 0 amide bonds. The fourth-order valence-corrected chi connectivity index (χ4v) is 1.48. The van der Waals surface area contributed by atoms with Gasteiger partial charge in [0, 0.05) is 5.75 Å². The Morgan fingerprint density at radius 2 is 2.43 bits per heavy atom. The highest BCUT2D eigenvalue weighted by atomic mass is 32.2. The predicted molar refractivity (Wildman–Crippen MR) is 54.1 cm³/mol. The molecule has 80 valence electrons. The number of thioether (sulfide) groups is 1. The molecule has 0 rings (SSSR count). The standard InChI is InChI=1S/C8H13NO4S/c1-3-13-6(4-14-2)8(9,5-10)7(11)12/h3,5-6H,1,4,9H2,2H3,(H,11,12). The number of rotatable bonds is 7. The van der Waals surface area contributed by atoms with Gasteiger partial charge >= 0.3 is 5.97 Å². The second kappa shape index (κ2) is 5.66. The van der Waals surface area contributed by atoms with Gasteiger partial charge in [-0.15, -0.1) is 0 Å². The minimum atomic E-state index is -2.02. The lowest BCUT2D eigenvalue weighted by Crippen LogP contribution is -2.60. The number of hydrogen-bond acceptors (Lipinski definition) is 5. The summed E-state index contributed by atoms with van der Waals surface area (Å²) in [4.78, 5) is 21.4. The first kappa shape index (κ1) is 13.0. The Morgan fingerprint density at radius 3 is 2.71 bits per heavy atom. The lowest BCUT2D eigenvalue weighted by atomic mass is 9.97. The molecular weight excluding hydrogens is 206 g/mol. The fourth-order valence-electron chi connectivity index (χ4n) is 0.821. The van der Waals surface area contributed by atoms with Gasteiger partial charge in [-0.25, -0.2) is 4.79 Å². The number of carboxylic acids is 1. The van der Waals surface area contributed by atoms with Gasteiger partial charge in [0.15, 0.2) is 6.29 Å². The van der Waals surface area contributed by atoms with Crippen LogP contribution in [0.3, 0.4) is 0 Å². The molecule has 0 radical (unpaired) electrons. The number of nitrogens with two attached hydrogens (primary N) is 1. The number of carbonyl (C=O) groups excluding carboxylic acids is 1. The summed E-state index contributed by atoms with van der Waals surface area (Å²) in [6.45, 7) is 3.29. The van der Waals surface area contributed by atoms with Crippen LogP contribution in [0.5, 0.6) is 0 Å². The van der Waals surface area contributed by atoms with Gasteiger partial charge < -0.3 is 20.4 Å². The average molecular weight is 219 g/mol. The van der Waals surface area contributed by atoms with E-state index in [0.29, 0.717) is 5.75 Å². The molecule has 0 aliphatic carbocycles. The van der Waals surface area contributed by atoms with Crippen LogP contribution in [0.2, 0.25) is 0 Å². The predicted octanol–water partition coefficient (Wildman–Crippen LogP) is -0.141. The zero-order valence-electron chi connectivity index (χ0n) is 7.80. The lowest BCUT2D eigenvalue weighted by molar-refractivity contribution is -0.149. The number of aliphatic carboxylic acids is 1. The van der Waals surface area contributed by atoms with E-state index in [9.17, 15) is 9.59 Å². The van der Waals surface area contributed by atoms with Gasteiger partial charge in [0.25, 0.3) is 0 Å². The summed E-state index contributed by atoms with van der Waals surface area (Å²) in [5.41, 5.74) is 3.39. The second-order valence-corrected chi connectivity index (χ2v) is 3.51. The highest BCUT2D eigenvalue weighted by Crippen LogP contribution is 2.14. The molecule has 0 saturated heterocycles. The third kappa shape index (κ3) is 2.74. The van der Waals surface area contributed by atoms with Gasteiger partial charge in [-0.3, -0.25) is 0 Å². The summed E-state index contributed by atoms with van der Waals surface area (Å²) in [7, 11) is 0. The summed E-state index contributed by atoms with van der Waals surface area (Å²) < 4.78 is 4.91. The quantitative estimate of drug-likeness (QED) is 0.352. The number of ether oxygens (including phenoxy) is 1. The molecule has 0 heterocycles. The van der Waals surface area contributed by atoms with Crippen LogP contribution in [0, 0.1) is 0 Å². The van der Waals surface area contributed by atoms with Crippen LogP contribution in [0.25, 0.3) is 0 Å². The van der Waals surface area contributed by atoms with E-state index in [-0.39, 0.29) is 6.29 Å². The van der Waals surface area contributed by atoms with E-state index < -0.39 is 17.6 Å². The Balaban J connectivity index is 4.80. The number of hydrogen-bond donors (Lipinski definition) is 2. The fraction of sp³-hybridized carbons (Fsp3) is 0.500. The molecule has 2 atom stereocenters. The number of carbonyl (C=O) groups is 2. The molecule has 0 fully saturated rings. The molecule has 5 nitrogen and oxygen atoms in total. The molecule has 14 heavy (non-hydrogen) atoms. The first-order valence-corrected chi connectivity index (χ1v) is 5.16. The average Bonchev–Trinajstić information content (AvgIpc) is 2.16. The van der Waals surface area contributed by atoms with Gasteiger partial charge in [-0.2, -0.15) is 11.8 Å². The molecular formula is C8H13NO4S. The van der Waals surface area contributed by atoms with Crippen LogP contribution in [0.15, 0.2) is 12.8 Å². The van der Waals surface area contributed by atoms with E-state index in [4.69, 9.17) is 15.6 Å². The maximum Gasteiger partial charge on any atom is 0.335 e. The van der Waals surface area contributed by atoms with Crippen molar-refractivity contribution in [2.75, 3.05) is 12.0 Å². The van der Waals surface area contributed by atoms with Crippen molar-refractivity contribution >= 4 is 24.0 Å². The van der Waals surface area contributed by atoms with Crippen molar-refractivity contribution in [2.24, 2.45) is 5.73 Å². The molecule has 0 spiro atoms. The van der Waals surface area contributed by atoms with Crippen LogP contribution in [0.1, 0.15) is 0 Å².